The molecule has 7 heteroatoms. The molecule has 0 saturated carbocycles. The number of amides is 1. The van der Waals surface area contributed by atoms with Crippen LogP contribution in [0.25, 0.3) is 12.0 Å². The van der Waals surface area contributed by atoms with Gasteiger partial charge in [0.25, 0.3) is 5.95 Å². The van der Waals surface area contributed by atoms with Gasteiger partial charge < -0.3 is 5.32 Å². The maximum atomic E-state index is 12.4. The van der Waals surface area contributed by atoms with E-state index in [9.17, 15) is 4.79 Å². The van der Waals surface area contributed by atoms with Gasteiger partial charge in [-0.25, -0.2) is 9.97 Å². The number of carbonyl (C=O) groups is 1. The fraction of sp³-hybridized carbons (Fsp3) is 0.200. The smallest absolute Gasteiger partial charge is 0.252 e. The number of halogens is 1. The van der Waals surface area contributed by atoms with Crippen LogP contribution >= 0.6 is 11.6 Å². The van der Waals surface area contributed by atoms with Crippen LogP contribution in [0.2, 0.25) is 5.02 Å². The SMILES string of the molecule is CC(C)(C)c1cc(NC(=O)/C=C/c2cccc(Cl)c2)n(-c2ncccn2)n1. The van der Waals surface area contributed by atoms with E-state index < -0.39 is 0 Å². The molecule has 0 aliphatic carbocycles. The Balaban J connectivity index is 1.87. The third-order valence-electron chi connectivity index (χ3n) is 3.75. The molecule has 0 saturated heterocycles. The zero-order valence-electron chi connectivity index (χ0n) is 15.3. The first-order chi connectivity index (χ1) is 12.8. The van der Waals surface area contributed by atoms with E-state index in [-0.39, 0.29) is 11.3 Å². The van der Waals surface area contributed by atoms with Gasteiger partial charge in [-0.15, -0.1) is 0 Å². The predicted molar refractivity (Wildman–Crippen MR) is 107 cm³/mol. The highest BCUT2D eigenvalue weighted by atomic mass is 35.5. The van der Waals surface area contributed by atoms with Crippen LogP contribution < -0.4 is 5.32 Å². The standard InChI is InChI=1S/C20H20ClN5O/c1-20(2,3)16-13-17(26(25-16)19-22-10-5-11-23-19)24-18(27)9-8-14-6-4-7-15(21)12-14/h4-13H,1-3H3,(H,24,27)/b9-8+. The molecule has 1 aromatic carbocycles. The second-order valence-electron chi connectivity index (χ2n) is 7.00. The molecule has 0 atom stereocenters. The molecule has 0 radical (unpaired) electrons. The normalized spacial score (nSPS) is 11.7. The van der Waals surface area contributed by atoms with Gasteiger partial charge in [0.15, 0.2) is 0 Å². The summed E-state index contributed by atoms with van der Waals surface area (Å²) < 4.78 is 1.53. The van der Waals surface area contributed by atoms with Gasteiger partial charge in [-0.3, -0.25) is 4.79 Å². The van der Waals surface area contributed by atoms with Crippen molar-refractivity contribution in [1.82, 2.24) is 19.7 Å². The molecule has 3 aromatic rings. The van der Waals surface area contributed by atoms with E-state index in [1.807, 2.05) is 18.2 Å². The number of hydrogen-bond acceptors (Lipinski definition) is 4. The Labute approximate surface area is 162 Å². The monoisotopic (exact) mass is 381 g/mol. The Hall–Kier alpha value is -2.99. The number of carbonyl (C=O) groups excluding carboxylic acids is 1. The number of anilines is 1. The lowest BCUT2D eigenvalue weighted by atomic mass is 9.92. The van der Waals surface area contributed by atoms with Crippen LogP contribution in [-0.2, 0) is 10.2 Å². The predicted octanol–water partition coefficient (Wildman–Crippen LogP) is 4.27. The van der Waals surface area contributed by atoms with E-state index in [0.29, 0.717) is 16.8 Å². The van der Waals surface area contributed by atoms with Crippen molar-refractivity contribution in [3.8, 4) is 5.95 Å². The van der Waals surface area contributed by atoms with Crippen LogP contribution in [0.5, 0.6) is 0 Å². The van der Waals surface area contributed by atoms with Crippen molar-refractivity contribution in [3.05, 3.63) is 71.1 Å². The van der Waals surface area contributed by atoms with Crippen molar-refractivity contribution >= 4 is 29.4 Å². The summed E-state index contributed by atoms with van der Waals surface area (Å²) in [6, 6.07) is 10.8. The summed E-state index contributed by atoms with van der Waals surface area (Å²) in [5.41, 5.74) is 1.48. The maximum Gasteiger partial charge on any atom is 0.252 e. The molecule has 0 spiro atoms. The van der Waals surface area contributed by atoms with Crippen LogP contribution in [0.15, 0.2) is 54.9 Å². The molecule has 2 heterocycles. The summed E-state index contributed by atoms with van der Waals surface area (Å²) in [7, 11) is 0. The van der Waals surface area contributed by atoms with E-state index in [2.05, 4.69) is 41.2 Å². The number of benzene rings is 1. The molecule has 1 N–H and O–H groups in total. The first kappa shape index (κ1) is 18.8. The second-order valence-corrected chi connectivity index (χ2v) is 7.44. The van der Waals surface area contributed by atoms with Crippen LogP contribution in [-0.4, -0.2) is 25.7 Å². The number of nitrogens with one attached hydrogen (secondary N) is 1. The van der Waals surface area contributed by atoms with Crippen molar-refractivity contribution in [2.45, 2.75) is 26.2 Å². The lowest BCUT2D eigenvalue weighted by molar-refractivity contribution is -0.111. The third kappa shape index (κ3) is 4.80. The van der Waals surface area contributed by atoms with E-state index in [1.54, 1.807) is 36.7 Å². The minimum atomic E-state index is -0.285. The summed E-state index contributed by atoms with van der Waals surface area (Å²) in [4.78, 5) is 20.8. The fourth-order valence-electron chi connectivity index (χ4n) is 2.34. The highest BCUT2D eigenvalue weighted by Gasteiger charge is 2.22. The fourth-order valence-corrected chi connectivity index (χ4v) is 2.54. The van der Waals surface area contributed by atoms with Crippen molar-refractivity contribution in [2.24, 2.45) is 0 Å². The highest BCUT2D eigenvalue weighted by molar-refractivity contribution is 6.30. The molecule has 2 aromatic heterocycles. The molecular formula is C20H20ClN5O. The topological polar surface area (TPSA) is 72.7 Å². The average molecular weight is 382 g/mol. The molecule has 27 heavy (non-hydrogen) atoms. The van der Waals surface area contributed by atoms with E-state index in [0.717, 1.165) is 11.3 Å². The number of aromatic nitrogens is 4. The van der Waals surface area contributed by atoms with Crippen LogP contribution in [0, 0.1) is 0 Å². The van der Waals surface area contributed by atoms with E-state index in [4.69, 9.17) is 11.6 Å². The Bertz CT molecular complexity index is 974. The third-order valence-corrected chi connectivity index (χ3v) is 3.98. The maximum absolute atomic E-state index is 12.4. The first-order valence-electron chi connectivity index (χ1n) is 8.45. The van der Waals surface area contributed by atoms with Gasteiger partial charge in [0.05, 0.1) is 5.69 Å². The summed E-state index contributed by atoms with van der Waals surface area (Å²) >= 11 is 5.96. The zero-order valence-corrected chi connectivity index (χ0v) is 16.1. The van der Waals surface area contributed by atoms with Crippen molar-refractivity contribution in [1.29, 1.82) is 0 Å². The largest absolute Gasteiger partial charge is 0.307 e. The van der Waals surface area contributed by atoms with Gasteiger partial charge in [0.1, 0.15) is 5.82 Å². The van der Waals surface area contributed by atoms with Gasteiger partial charge in [0, 0.05) is 35.0 Å². The van der Waals surface area contributed by atoms with Crippen molar-refractivity contribution < 1.29 is 4.79 Å². The molecule has 3 rings (SSSR count). The quantitative estimate of drug-likeness (QED) is 0.685. The molecule has 0 fully saturated rings. The minimum Gasteiger partial charge on any atom is -0.307 e. The Morgan fingerprint density at radius 1 is 1.15 bits per heavy atom. The van der Waals surface area contributed by atoms with Gasteiger partial charge in [0.2, 0.25) is 5.91 Å². The molecule has 0 unspecified atom stereocenters. The molecule has 1 amide bonds. The van der Waals surface area contributed by atoms with Crippen LogP contribution in [0.3, 0.4) is 0 Å². The summed E-state index contributed by atoms with van der Waals surface area (Å²) in [6.07, 6.45) is 6.41. The molecular weight excluding hydrogens is 362 g/mol. The minimum absolute atomic E-state index is 0.184. The first-order valence-corrected chi connectivity index (χ1v) is 8.83. The summed E-state index contributed by atoms with van der Waals surface area (Å²) in [6.45, 7) is 6.16. The Morgan fingerprint density at radius 2 is 1.89 bits per heavy atom. The Kier molecular flexibility index (Phi) is 5.37. The van der Waals surface area contributed by atoms with E-state index in [1.165, 1.54) is 10.8 Å². The van der Waals surface area contributed by atoms with Gasteiger partial charge in [-0.1, -0.05) is 44.5 Å². The molecule has 138 valence electrons. The van der Waals surface area contributed by atoms with Crippen molar-refractivity contribution in [2.75, 3.05) is 5.32 Å². The lowest BCUT2D eigenvalue weighted by Gasteiger charge is -2.13. The van der Waals surface area contributed by atoms with Gasteiger partial charge in [-0.05, 0) is 29.8 Å². The number of hydrogen-bond donors (Lipinski definition) is 1. The number of nitrogens with zero attached hydrogens (tertiary/aromatic N) is 4. The molecule has 0 bridgehead atoms. The Morgan fingerprint density at radius 3 is 2.56 bits per heavy atom. The molecule has 6 nitrogen and oxygen atoms in total. The van der Waals surface area contributed by atoms with Gasteiger partial charge >= 0.3 is 0 Å². The zero-order chi connectivity index (χ0) is 19.4. The summed E-state index contributed by atoms with van der Waals surface area (Å²) in [5.74, 6) is 0.613. The number of rotatable bonds is 4. The lowest BCUT2D eigenvalue weighted by Crippen LogP contribution is -2.14. The van der Waals surface area contributed by atoms with Crippen LogP contribution in [0.4, 0.5) is 5.82 Å². The highest BCUT2D eigenvalue weighted by Crippen LogP contribution is 2.25. The van der Waals surface area contributed by atoms with Crippen molar-refractivity contribution in [3.63, 3.8) is 0 Å². The molecule has 0 aliphatic rings. The molecule has 0 aliphatic heterocycles. The average Bonchev–Trinajstić information content (AvgIpc) is 3.05. The van der Waals surface area contributed by atoms with Crippen LogP contribution in [0.1, 0.15) is 32.0 Å². The summed E-state index contributed by atoms with van der Waals surface area (Å²) in [5, 5.41) is 8.04. The van der Waals surface area contributed by atoms with Gasteiger partial charge in [-0.2, -0.15) is 9.78 Å². The van der Waals surface area contributed by atoms with E-state index >= 15 is 0 Å². The second kappa shape index (κ2) is 7.72.